The SMILES string of the molecule is OC[C@H]1OCOC[C@@H]1O. The van der Waals surface area contributed by atoms with Crippen molar-refractivity contribution >= 4 is 0 Å². The van der Waals surface area contributed by atoms with Crippen molar-refractivity contribution in [3.8, 4) is 0 Å². The molecule has 1 saturated heterocycles. The van der Waals surface area contributed by atoms with Crippen LogP contribution in [0.25, 0.3) is 0 Å². The summed E-state index contributed by atoms with van der Waals surface area (Å²) in [4.78, 5) is 0. The van der Waals surface area contributed by atoms with Gasteiger partial charge < -0.3 is 19.7 Å². The van der Waals surface area contributed by atoms with Gasteiger partial charge in [0.05, 0.1) is 13.2 Å². The van der Waals surface area contributed by atoms with Crippen molar-refractivity contribution in [2.45, 2.75) is 12.2 Å². The highest BCUT2D eigenvalue weighted by Crippen LogP contribution is 2.05. The average Bonchev–Trinajstić information content (AvgIpc) is 1.89. The lowest BCUT2D eigenvalue weighted by Crippen LogP contribution is -2.40. The summed E-state index contributed by atoms with van der Waals surface area (Å²) in [5.41, 5.74) is 0. The molecule has 0 aromatic carbocycles. The van der Waals surface area contributed by atoms with Crippen molar-refractivity contribution in [2.24, 2.45) is 0 Å². The fraction of sp³-hybridized carbons (Fsp3) is 1.00. The Morgan fingerprint density at radius 1 is 1.56 bits per heavy atom. The highest BCUT2D eigenvalue weighted by atomic mass is 16.7. The maximum Gasteiger partial charge on any atom is 0.147 e. The third kappa shape index (κ3) is 1.62. The van der Waals surface area contributed by atoms with Crippen molar-refractivity contribution in [3.63, 3.8) is 0 Å². The van der Waals surface area contributed by atoms with Crippen LogP contribution in [0.1, 0.15) is 0 Å². The zero-order valence-electron chi connectivity index (χ0n) is 4.99. The highest BCUT2D eigenvalue weighted by molar-refractivity contribution is 4.68. The molecule has 4 nitrogen and oxygen atoms in total. The van der Waals surface area contributed by atoms with E-state index in [2.05, 4.69) is 0 Å². The number of hydrogen-bond acceptors (Lipinski definition) is 4. The zero-order valence-corrected chi connectivity index (χ0v) is 4.99. The number of ether oxygens (including phenoxy) is 2. The fourth-order valence-electron chi connectivity index (χ4n) is 0.697. The van der Waals surface area contributed by atoms with E-state index in [0.29, 0.717) is 0 Å². The summed E-state index contributed by atoms with van der Waals surface area (Å²) in [5, 5.41) is 17.5. The smallest absolute Gasteiger partial charge is 0.147 e. The molecular weight excluding hydrogens is 124 g/mol. The highest BCUT2D eigenvalue weighted by Gasteiger charge is 2.22. The Kier molecular flexibility index (Phi) is 2.41. The average molecular weight is 134 g/mol. The molecule has 1 fully saturated rings. The Hall–Kier alpha value is -0.160. The van der Waals surface area contributed by atoms with Gasteiger partial charge in [-0.25, -0.2) is 0 Å². The minimum absolute atomic E-state index is 0.148. The lowest BCUT2D eigenvalue weighted by atomic mass is 10.2. The van der Waals surface area contributed by atoms with E-state index in [-0.39, 0.29) is 20.0 Å². The van der Waals surface area contributed by atoms with Gasteiger partial charge in [-0.15, -0.1) is 0 Å². The molecule has 0 amide bonds. The van der Waals surface area contributed by atoms with E-state index < -0.39 is 12.2 Å². The first-order valence-electron chi connectivity index (χ1n) is 2.83. The standard InChI is InChI=1S/C5H10O4/c6-1-5-4(7)2-8-3-9-5/h4-7H,1-3H2/t4-,5+/m0/s1. The summed E-state index contributed by atoms with van der Waals surface area (Å²) in [7, 11) is 0. The van der Waals surface area contributed by atoms with Crippen LogP contribution in [-0.2, 0) is 9.47 Å². The summed E-state index contributed by atoms with van der Waals surface area (Å²) in [5.74, 6) is 0. The van der Waals surface area contributed by atoms with Crippen LogP contribution in [0, 0.1) is 0 Å². The van der Waals surface area contributed by atoms with Gasteiger partial charge in [-0.05, 0) is 0 Å². The molecule has 0 aliphatic carbocycles. The third-order valence-electron chi connectivity index (χ3n) is 1.26. The monoisotopic (exact) mass is 134 g/mol. The summed E-state index contributed by atoms with van der Waals surface area (Å²) in [6.45, 7) is 0.276. The molecule has 4 heteroatoms. The molecule has 0 radical (unpaired) electrons. The van der Waals surface area contributed by atoms with Crippen LogP contribution in [0.15, 0.2) is 0 Å². The van der Waals surface area contributed by atoms with Gasteiger partial charge in [0.25, 0.3) is 0 Å². The van der Waals surface area contributed by atoms with Crippen molar-refractivity contribution in [2.75, 3.05) is 20.0 Å². The maximum absolute atomic E-state index is 8.96. The van der Waals surface area contributed by atoms with Gasteiger partial charge in [-0.2, -0.15) is 0 Å². The zero-order chi connectivity index (χ0) is 6.69. The topological polar surface area (TPSA) is 58.9 Å². The summed E-state index contributed by atoms with van der Waals surface area (Å²) in [6.07, 6.45) is -1.14. The number of aliphatic hydroxyl groups excluding tert-OH is 2. The van der Waals surface area contributed by atoms with Crippen LogP contribution in [0.3, 0.4) is 0 Å². The molecule has 0 aromatic heterocycles. The molecule has 0 spiro atoms. The molecule has 9 heavy (non-hydrogen) atoms. The Bertz CT molecular complexity index is 85.0. The second-order valence-corrected chi connectivity index (χ2v) is 1.94. The predicted molar refractivity (Wildman–Crippen MR) is 28.8 cm³/mol. The quantitative estimate of drug-likeness (QED) is 0.468. The van der Waals surface area contributed by atoms with Crippen LogP contribution in [0.4, 0.5) is 0 Å². The minimum atomic E-state index is -0.677. The van der Waals surface area contributed by atoms with Crippen molar-refractivity contribution in [1.82, 2.24) is 0 Å². The van der Waals surface area contributed by atoms with Gasteiger partial charge in [0.1, 0.15) is 19.0 Å². The van der Waals surface area contributed by atoms with Crippen LogP contribution in [0.2, 0.25) is 0 Å². The number of rotatable bonds is 1. The van der Waals surface area contributed by atoms with Crippen LogP contribution >= 0.6 is 0 Å². The predicted octanol–water partition coefficient (Wildman–Crippen LogP) is -1.29. The fourth-order valence-corrected chi connectivity index (χ4v) is 0.697. The molecule has 1 rings (SSSR count). The van der Waals surface area contributed by atoms with E-state index in [4.69, 9.17) is 19.7 Å². The lowest BCUT2D eigenvalue weighted by Gasteiger charge is -2.25. The molecule has 0 saturated carbocycles. The van der Waals surface area contributed by atoms with E-state index in [1.807, 2.05) is 0 Å². The first kappa shape index (κ1) is 6.95. The molecule has 0 aromatic rings. The molecule has 2 atom stereocenters. The van der Waals surface area contributed by atoms with Gasteiger partial charge in [0.15, 0.2) is 0 Å². The van der Waals surface area contributed by atoms with Crippen molar-refractivity contribution < 1.29 is 19.7 Å². The van der Waals surface area contributed by atoms with E-state index >= 15 is 0 Å². The molecule has 0 bridgehead atoms. The summed E-state index contributed by atoms with van der Waals surface area (Å²) < 4.78 is 9.55. The normalized spacial score (nSPS) is 36.7. The second kappa shape index (κ2) is 3.12. The van der Waals surface area contributed by atoms with E-state index in [9.17, 15) is 0 Å². The molecule has 0 unspecified atom stereocenters. The molecule has 1 heterocycles. The lowest BCUT2D eigenvalue weighted by molar-refractivity contribution is -0.202. The molecular formula is C5H10O4. The largest absolute Gasteiger partial charge is 0.394 e. The molecule has 2 N–H and O–H groups in total. The first-order chi connectivity index (χ1) is 4.34. The van der Waals surface area contributed by atoms with E-state index in [1.54, 1.807) is 0 Å². The third-order valence-corrected chi connectivity index (χ3v) is 1.26. The second-order valence-electron chi connectivity index (χ2n) is 1.94. The Morgan fingerprint density at radius 2 is 2.33 bits per heavy atom. The molecule has 1 aliphatic rings. The van der Waals surface area contributed by atoms with Gasteiger partial charge in [-0.3, -0.25) is 0 Å². The first-order valence-corrected chi connectivity index (χ1v) is 2.83. The van der Waals surface area contributed by atoms with Gasteiger partial charge in [0.2, 0.25) is 0 Å². The Balaban J connectivity index is 2.30. The summed E-state index contributed by atoms with van der Waals surface area (Å²) in [6, 6.07) is 0. The van der Waals surface area contributed by atoms with Crippen LogP contribution in [-0.4, -0.2) is 42.4 Å². The molecule has 1 aliphatic heterocycles. The van der Waals surface area contributed by atoms with E-state index in [0.717, 1.165) is 0 Å². The van der Waals surface area contributed by atoms with E-state index in [1.165, 1.54) is 0 Å². The maximum atomic E-state index is 8.96. The number of hydrogen-bond donors (Lipinski definition) is 2. The summed E-state index contributed by atoms with van der Waals surface area (Å²) >= 11 is 0. The van der Waals surface area contributed by atoms with Gasteiger partial charge in [0, 0.05) is 0 Å². The Morgan fingerprint density at radius 3 is 2.78 bits per heavy atom. The van der Waals surface area contributed by atoms with Gasteiger partial charge >= 0.3 is 0 Å². The van der Waals surface area contributed by atoms with Crippen molar-refractivity contribution in [1.29, 1.82) is 0 Å². The molecule has 54 valence electrons. The van der Waals surface area contributed by atoms with Gasteiger partial charge in [-0.1, -0.05) is 0 Å². The minimum Gasteiger partial charge on any atom is -0.394 e. The Labute approximate surface area is 53.0 Å². The van der Waals surface area contributed by atoms with Crippen molar-refractivity contribution in [3.05, 3.63) is 0 Å². The van der Waals surface area contributed by atoms with Crippen LogP contribution < -0.4 is 0 Å². The number of aliphatic hydroxyl groups is 2. The van der Waals surface area contributed by atoms with Crippen LogP contribution in [0.5, 0.6) is 0 Å².